The summed E-state index contributed by atoms with van der Waals surface area (Å²) in [6.45, 7) is 5.45. The molecule has 1 aliphatic heterocycles. The second-order valence-corrected chi connectivity index (χ2v) is 5.86. The molecule has 0 unspecified atom stereocenters. The molecule has 0 bridgehead atoms. The van der Waals surface area contributed by atoms with Crippen LogP contribution in [0.5, 0.6) is 0 Å². The fraction of sp³-hybridized carbons (Fsp3) is 0.769. The van der Waals surface area contributed by atoms with E-state index in [1.807, 2.05) is 20.8 Å². The highest BCUT2D eigenvalue weighted by molar-refractivity contribution is 5.87. The Morgan fingerprint density at radius 3 is 2.40 bits per heavy atom. The van der Waals surface area contributed by atoms with Gasteiger partial charge in [-0.3, -0.25) is 9.59 Å². The maximum absolute atomic E-state index is 12.1. The van der Waals surface area contributed by atoms with Crippen LogP contribution in [0.15, 0.2) is 0 Å². The first-order valence-corrected chi connectivity index (χ1v) is 6.28. The Bertz CT molecular complexity index is 409. The molecule has 1 aliphatic rings. The number of hydrogen-bond acceptors (Lipinski definition) is 6. The molecule has 0 aromatic heterocycles. The highest BCUT2D eigenvalue weighted by Gasteiger charge is 2.54. The summed E-state index contributed by atoms with van der Waals surface area (Å²) < 4.78 is 15.3. The van der Waals surface area contributed by atoms with Gasteiger partial charge in [0.25, 0.3) is 0 Å². The minimum Gasteiger partial charge on any atom is -0.481 e. The molecule has 2 atom stereocenters. The number of carbonyl (C=O) groups is 3. The molecule has 0 radical (unpaired) electrons. The fourth-order valence-corrected chi connectivity index (χ4v) is 1.81. The lowest BCUT2D eigenvalue weighted by Crippen LogP contribution is -2.40. The van der Waals surface area contributed by atoms with Crippen LogP contribution in [-0.4, -0.2) is 42.0 Å². The summed E-state index contributed by atoms with van der Waals surface area (Å²) in [6, 6.07) is 0. The van der Waals surface area contributed by atoms with Gasteiger partial charge in [0.1, 0.15) is 0 Å². The Labute approximate surface area is 117 Å². The molecule has 114 valence electrons. The number of carboxylic acid groups (broad SMARTS) is 1. The van der Waals surface area contributed by atoms with Gasteiger partial charge in [0.05, 0.1) is 13.5 Å². The lowest BCUT2D eigenvalue weighted by atomic mass is 9.93. The molecule has 1 rings (SSSR count). The van der Waals surface area contributed by atoms with E-state index in [1.54, 1.807) is 0 Å². The summed E-state index contributed by atoms with van der Waals surface area (Å²) in [6.07, 6.45) is -1.62. The van der Waals surface area contributed by atoms with Crippen LogP contribution in [0.25, 0.3) is 0 Å². The van der Waals surface area contributed by atoms with Gasteiger partial charge in [0.15, 0.2) is 5.60 Å². The van der Waals surface area contributed by atoms with E-state index in [9.17, 15) is 14.4 Å². The van der Waals surface area contributed by atoms with Crippen LogP contribution in [0.2, 0.25) is 0 Å². The SMILES string of the molecule is COC(=O)C[C@@]1(CCC(=O)O)O[C@@H](C(C)(C)C)OC1=O. The van der Waals surface area contributed by atoms with Gasteiger partial charge in [0.2, 0.25) is 6.29 Å². The first kappa shape index (κ1) is 16.4. The van der Waals surface area contributed by atoms with Crippen molar-refractivity contribution in [1.29, 1.82) is 0 Å². The number of esters is 2. The number of ether oxygens (including phenoxy) is 3. The quantitative estimate of drug-likeness (QED) is 0.756. The number of aliphatic carboxylic acids is 1. The number of cyclic esters (lactones) is 1. The first-order valence-electron chi connectivity index (χ1n) is 6.28. The van der Waals surface area contributed by atoms with Gasteiger partial charge >= 0.3 is 17.9 Å². The molecule has 7 nitrogen and oxygen atoms in total. The molecule has 0 spiro atoms. The van der Waals surface area contributed by atoms with E-state index in [4.69, 9.17) is 14.6 Å². The molecular weight excluding hydrogens is 268 g/mol. The largest absolute Gasteiger partial charge is 0.481 e. The lowest BCUT2D eigenvalue weighted by Gasteiger charge is -2.27. The second kappa shape index (κ2) is 5.78. The normalized spacial score (nSPS) is 26.2. The van der Waals surface area contributed by atoms with E-state index in [0.29, 0.717) is 0 Å². The van der Waals surface area contributed by atoms with E-state index in [-0.39, 0.29) is 19.3 Å². The molecule has 1 heterocycles. The maximum atomic E-state index is 12.1. The van der Waals surface area contributed by atoms with Crippen LogP contribution < -0.4 is 0 Å². The van der Waals surface area contributed by atoms with Crippen LogP contribution in [0.3, 0.4) is 0 Å². The molecule has 1 fully saturated rings. The van der Waals surface area contributed by atoms with Crippen LogP contribution >= 0.6 is 0 Å². The molecule has 0 saturated carbocycles. The van der Waals surface area contributed by atoms with E-state index in [0.717, 1.165) is 0 Å². The minimum atomic E-state index is -1.58. The van der Waals surface area contributed by atoms with Crippen molar-refractivity contribution in [2.75, 3.05) is 7.11 Å². The van der Waals surface area contributed by atoms with Crippen molar-refractivity contribution < 1.29 is 33.7 Å². The summed E-state index contributed by atoms with van der Waals surface area (Å²) in [5.74, 6) is -2.45. The third kappa shape index (κ3) is 3.69. The van der Waals surface area contributed by atoms with E-state index in [2.05, 4.69) is 4.74 Å². The zero-order valence-corrected chi connectivity index (χ0v) is 12.1. The minimum absolute atomic E-state index is 0.136. The molecule has 1 saturated heterocycles. The Morgan fingerprint density at radius 1 is 1.40 bits per heavy atom. The third-order valence-corrected chi connectivity index (χ3v) is 3.03. The van der Waals surface area contributed by atoms with E-state index < -0.39 is 35.2 Å². The summed E-state index contributed by atoms with van der Waals surface area (Å²) in [4.78, 5) is 34.2. The van der Waals surface area contributed by atoms with Gasteiger partial charge in [-0.15, -0.1) is 0 Å². The summed E-state index contributed by atoms with van der Waals surface area (Å²) in [5.41, 5.74) is -2.06. The van der Waals surface area contributed by atoms with Crippen molar-refractivity contribution in [3.8, 4) is 0 Å². The monoisotopic (exact) mass is 288 g/mol. The Balaban J connectivity index is 2.96. The Hall–Kier alpha value is -1.63. The van der Waals surface area contributed by atoms with Gasteiger partial charge in [-0.05, 0) is 6.42 Å². The van der Waals surface area contributed by atoms with Gasteiger partial charge in [-0.25, -0.2) is 4.79 Å². The summed E-state index contributed by atoms with van der Waals surface area (Å²) >= 11 is 0. The molecule has 0 aromatic carbocycles. The molecular formula is C13H20O7. The molecule has 0 amide bonds. The standard InChI is InChI=1S/C13H20O7/c1-12(2,3)11-19-10(17)13(20-11,6-5-8(14)15)7-9(16)18-4/h11H,5-7H2,1-4H3,(H,14,15)/t11-,13+/m0/s1. The Kier molecular flexibility index (Phi) is 4.75. The smallest absolute Gasteiger partial charge is 0.341 e. The van der Waals surface area contributed by atoms with Crippen molar-refractivity contribution in [3.05, 3.63) is 0 Å². The average molecular weight is 288 g/mol. The highest BCUT2D eigenvalue weighted by Crippen LogP contribution is 2.39. The van der Waals surface area contributed by atoms with Crippen molar-refractivity contribution in [1.82, 2.24) is 0 Å². The van der Waals surface area contributed by atoms with Crippen molar-refractivity contribution in [2.24, 2.45) is 5.41 Å². The fourth-order valence-electron chi connectivity index (χ4n) is 1.81. The van der Waals surface area contributed by atoms with Crippen molar-refractivity contribution in [2.45, 2.75) is 51.9 Å². The van der Waals surface area contributed by atoms with Crippen LogP contribution in [0, 0.1) is 5.41 Å². The number of hydrogen-bond donors (Lipinski definition) is 1. The topological polar surface area (TPSA) is 99.1 Å². The predicted octanol–water partition coefficient (Wildman–Crippen LogP) is 1.10. The van der Waals surface area contributed by atoms with E-state index >= 15 is 0 Å². The van der Waals surface area contributed by atoms with Gasteiger partial charge in [0, 0.05) is 11.8 Å². The highest BCUT2D eigenvalue weighted by atomic mass is 16.8. The zero-order chi connectivity index (χ0) is 15.6. The molecule has 20 heavy (non-hydrogen) atoms. The molecule has 1 N–H and O–H groups in total. The molecule has 7 heteroatoms. The van der Waals surface area contributed by atoms with Gasteiger partial charge in [-0.2, -0.15) is 0 Å². The number of carbonyl (C=O) groups excluding carboxylic acids is 2. The van der Waals surface area contributed by atoms with E-state index in [1.165, 1.54) is 7.11 Å². The summed E-state index contributed by atoms with van der Waals surface area (Å²) in [5, 5.41) is 8.77. The second-order valence-electron chi connectivity index (χ2n) is 5.86. The summed E-state index contributed by atoms with van der Waals surface area (Å²) in [7, 11) is 1.19. The van der Waals surface area contributed by atoms with Crippen molar-refractivity contribution in [3.63, 3.8) is 0 Å². The average Bonchev–Trinajstić information content (AvgIpc) is 2.64. The zero-order valence-electron chi connectivity index (χ0n) is 12.1. The van der Waals surface area contributed by atoms with Crippen molar-refractivity contribution >= 4 is 17.9 Å². The van der Waals surface area contributed by atoms with Crippen LogP contribution in [0.1, 0.15) is 40.0 Å². The van der Waals surface area contributed by atoms with Crippen LogP contribution in [-0.2, 0) is 28.6 Å². The molecule has 0 aliphatic carbocycles. The first-order chi connectivity index (χ1) is 9.10. The van der Waals surface area contributed by atoms with Crippen LogP contribution in [0.4, 0.5) is 0 Å². The molecule has 0 aromatic rings. The number of carboxylic acids is 1. The maximum Gasteiger partial charge on any atom is 0.341 e. The predicted molar refractivity (Wildman–Crippen MR) is 66.7 cm³/mol. The van der Waals surface area contributed by atoms with Gasteiger partial charge < -0.3 is 19.3 Å². The number of methoxy groups -OCH3 is 1. The Morgan fingerprint density at radius 2 is 2.00 bits per heavy atom. The number of rotatable bonds is 5. The third-order valence-electron chi connectivity index (χ3n) is 3.03. The lowest BCUT2D eigenvalue weighted by molar-refractivity contribution is -0.164. The van der Waals surface area contributed by atoms with Gasteiger partial charge in [-0.1, -0.05) is 20.8 Å².